The van der Waals surface area contributed by atoms with Crippen LogP contribution >= 0.6 is 0 Å². The van der Waals surface area contributed by atoms with E-state index in [2.05, 4.69) is 32.9 Å². The van der Waals surface area contributed by atoms with Crippen molar-refractivity contribution in [2.24, 2.45) is 4.99 Å². The third kappa shape index (κ3) is 14.2. The summed E-state index contributed by atoms with van der Waals surface area (Å²) >= 11 is 0. The first kappa shape index (κ1) is 27.2. The number of pyridine rings is 1. The molecule has 0 aliphatic rings. The van der Waals surface area contributed by atoms with Crippen molar-refractivity contribution in [2.45, 2.75) is 97.1 Å². The minimum absolute atomic E-state index is 0.272. The Kier molecular flexibility index (Phi) is 16.1. The van der Waals surface area contributed by atoms with Crippen LogP contribution in [0.1, 0.15) is 90.9 Å². The van der Waals surface area contributed by atoms with Crippen molar-refractivity contribution in [1.29, 1.82) is 5.26 Å². The summed E-state index contributed by atoms with van der Waals surface area (Å²) in [5, 5.41) is 17.6. The van der Waals surface area contributed by atoms with E-state index in [0.717, 1.165) is 25.7 Å². The van der Waals surface area contributed by atoms with Gasteiger partial charge in [0, 0.05) is 12.4 Å². The smallest absolute Gasteiger partial charge is 0.408 e. The van der Waals surface area contributed by atoms with Crippen LogP contribution in [0.25, 0.3) is 0 Å². The van der Waals surface area contributed by atoms with Gasteiger partial charge < -0.3 is 15.4 Å². The Labute approximate surface area is 193 Å². The third-order valence-corrected chi connectivity index (χ3v) is 5.01. The maximum Gasteiger partial charge on any atom is 0.408 e. The second kappa shape index (κ2) is 18.9. The van der Waals surface area contributed by atoms with E-state index in [1.54, 1.807) is 24.5 Å². The zero-order valence-electron chi connectivity index (χ0n) is 19.7. The van der Waals surface area contributed by atoms with E-state index in [0.29, 0.717) is 18.7 Å². The highest BCUT2D eigenvalue weighted by atomic mass is 16.5. The number of rotatable bonds is 16. The van der Waals surface area contributed by atoms with Gasteiger partial charge in [-0.05, 0) is 31.4 Å². The van der Waals surface area contributed by atoms with Crippen molar-refractivity contribution in [1.82, 2.24) is 20.9 Å². The number of ether oxygens (including phenoxy) is 1. The first-order chi connectivity index (χ1) is 15.7. The highest BCUT2D eigenvalue weighted by Gasteiger charge is 2.15. The van der Waals surface area contributed by atoms with Crippen LogP contribution in [0, 0.1) is 11.5 Å². The van der Waals surface area contributed by atoms with Crippen molar-refractivity contribution in [3.63, 3.8) is 0 Å². The fourth-order valence-corrected chi connectivity index (χ4v) is 3.19. The van der Waals surface area contributed by atoms with Crippen LogP contribution in [-0.2, 0) is 4.74 Å². The van der Waals surface area contributed by atoms with Crippen LogP contribution in [0.15, 0.2) is 29.5 Å². The standard InChI is InChI=1S/C24H40N6O2/c1-3-5-7-8-9-10-11-12-13-14-22(30-24(31)32-19-6-4-2)29-23(27-20-25)28-21-15-17-26-18-16-21/h15-18,22H,3-14,19H2,1-2H3,(H,30,31)(H2,26,27,28,29). The number of carbonyl (C=O) groups is 1. The van der Waals surface area contributed by atoms with Crippen molar-refractivity contribution in [3.05, 3.63) is 24.5 Å². The summed E-state index contributed by atoms with van der Waals surface area (Å²) in [4.78, 5) is 20.6. The molecule has 0 fully saturated rings. The van der Waals surface area contributed by atoms with Gasteiger partial charge in [0.15, 0.2) is 6.19 Å². The summed E-state index contributed by atoms with van der Waals surface area (Å²) in [6.07, 6.45) is 17.8. The van der Waals surface area contributed by atoms with Gasteiger partial charge in [-0.2, -0.15) is 5.26 Å². The highest BCUT2D eigenvalue weighted by molar-refractivity contribution is 5.84. The van der Waals surface area contributed by atoms with E-state index < -0.39 is 12.3 Å². The largest absolute Gasteiger partial charge is 0.450 e. The molecule has 0 spiro atoms. The predicted octanol–water partition coefficient (Wildman–Crippen LogP) is 5.50. The van der Waals surface area contributed by atoms with Crippen LogP contribution in [0.3, 0.4) is 0 Å². The lowest BCUT2D eigenvalue weighted by molar-refractivity contribution is 0.139. The summed E-state index contributed by atoms with van der Waals surface area (Å²) in [5.41, 5.74) is 0.651. The Morgan fingerprint density at radius 2 is 1.62 bits per heavy atom. The lowest BCUT2D eigenvalue weighted by Crippen LogP contribution is -2.51. The SMILES string of the molecule is CCCCCCCCCCCC(NC(=O)OCCCC)NC(=Nc1ccncc1)NC#N. The summed E-state index contributed by atoms with van der Waals surface area (Å²) in [5.74, 6) is 0.272. The molecule has 178 valence electrons. The van der Waals surface area contributed by atoms with Gasteiger partial charge in [0.05, 0.1) is 12.3 Å². The number of nitrogens with zero attached hydrogens (tertiary/aromatic N) is 3. The highest BCUT2D eigenvalue weighted by Crippen LogP contribution is 2.12. The van der Waals surface area contributed by atoms with E-state index in [4.69, 9.17) is 10.00 Å². The number of unbranched alkanes of at least 4 members (excludes halogenated alkanes) is 9. The van der Waals surface area contributed by atoms with E-state index in [1.807, 2.05) is 13.1 Å². The maximum absolute atomic E-state index is 12.2. The number of hydrogen-bond donors (Lipinski definition) is 3. The second-order valence-electron chi connectivity index (χ2n) is 7.85. The predicted molar refractivity (Wildman–Crippen MR) is 128 cm³/mol. The minimum atomic E-state index is -0.466. The molecule has 0 aliphatic carbocycles. The van der Waals surface area contributed by atoms with Gasteiger partial charge >= 0.3 is 6.09 Å². The number of aliphatic imine (C=N–C) groups is 1. The number of nitriles is 1. The quantitative estimate of drug-likeness (QED) is 0.0775. The number of guanidine groups is 1. The Hall–Kier alpha value is -2.82. The molecule has 1 aromatic heterocycles. The summed E-state index contributed by atoms with van der Waals surface area (Å²) in [6, 6.07) is 3.48. The number of aromatic nitrogens is 1. The molecule has 32 heavy (non-hydrogen) atoms. The van der Waals surface area contributed by atoms with Crippen molar-refractivity contribution < 1.29 is 9.53 Å². The third-order valence-electron chi connectivity index (χ3n) is 5.01. The molecule has 3 N–H and O–H groups in total. The lowest BCUT2D eigenvalue weighted by atomic mass is 10.1. The van der Waals surface area contributed by atoms with E-state index in [1.165, 1.54) is 44.9 Å². The second-order valence-corrected chi connectivity index (χ2v) is 7.85. The molecular formula is C24H40N6O2. The van der Waals surface area contributed by atoms with Gasteiger partial charge in [-0.15, -0.1) is 0 Å². The molecule has 0 aliphatic heterocycles. The maximum atomic E-state index is 12.2. The van der Waals surface area contributed by atoms with E-state index in [-0.39, 0.29) is 5.96 Å². The Morgan fingerprint density at radius 3 is 2.25 bits per heavy atom. The number of nitrogens with one attached hydrogen (secondary N) is 3. The molecule has 1 heterocycles. The number of alkyl carbamates (subject to hydrolysis) is 1. The molecule has 0 bridgehead atoms. The molecule has 8 nitrogen and oxygen atoms in total. The van der Waals surface area contributed by atoms with E-state index >= 15 is 0 Å². The average molecular weight is 445 g/mol. The van der Waals surface area contributed by atoms with Crippen molar-refractivity contribution >= 4 is 17.7 Å². The van der Waals surface area contributed by atoms with Gasteiger partial charge in [-0.1, -0.05) is 71.6 Å². The zero-order valence-corrected chi connectivity index (χ0v) is 19.7. The average Bonchev–Trinajstić information content (AvgIpc) is 2.79. The van der Waals surface area contributed by atoms with Gasteiger partial charge in [0.2, 0.25) is 5.96 Å². The normalized spacial score (nSPS) is 12.0. The first-order valence-electron chi connectivity index (χ1n) is 12.0. The molecule has 0 aromatic carbocycles. The number of carbonyl (C=O) groups excluding carboxylic acids is 1. The topological polar surface area (TPSA) is 111 Å². The Balaban J connectivity index is 2.57. The van der Waals surface area contributed by atoms with Gasteiger partial charge in [-0.3, -0.25) is 10.3 Å². The van der Waals surface area contributed by atoms with Crippen LogP contribution in [0.5, 0.6) is 0 Å². The fourth-order valence-electron chi connectivity index (χ4n) is 3.19. The molecule has 1 rings (SSSR count). The molecule has 1 unspecified atom stereocenters. The van der Waals surface area contributed by atoms with Crippen LogP contribution in [-0.4, -0.2) is 29.8 Å². The molecule has 1 amide bonds. The summed E-state index contributed by atoms with van der Waals surface area (Å²) < 4.78 is 5.24. The van der Waals surface area contributed by atoms with Gasteiger partial charge in [0.25, 0.3) is 0 Å². The van der Waals surface area contributed by atoms with Crippen molar-refractivity contribution in [3.8, 4) is 6.19 Å². The number of hydrogen-bond acceptors (Lipinski definition) is 5. The van der Waals surface area contributed by atoms with Gasteiger partial charge in [0.1, 0.15) is 6.17 Å². The van der Waals surface area contributed by atoms with E-state index in [9.17, 15) is 4.79 Å². The number of amides is 1. The summed E-state index contributed by atoms with van der Waals surface area (Å²) in [7, 11) is 0. The molecule has 8 heteroatoms. The molecule has 1 aromatic rings. The lowest BCUT2D eigenvalue weighted by Gasteiger charge is -2.21. The van der Waals surface area contributed by atoms with Crippen molar-refractivity contribution in [2.75, 3.05) is 6.61 Å². The zero-order chi connectivity index (χ0) is 23.3. The molecule has 0 radical (unpaired) electrons. The minimum Gasteiger partial charge on any atom is -0.450 e. The van der Waals surface area contributed by atoms with Crippen LogP contribution in [0.2, 0.25) is 0 Å². The van der Waals surface area contributed by atoms with Gasteiger partial charge in [-0.25, -0.2) is 9.79 Å². The Morgan fingerprint density at radius 1 is 1.00 bits per heavy atom. The fraction of sp³-hybridized carbons (Fsp3) is 0.667. The molecule has 1 atom stereocenters. The Bertz CT molecular complexity index is 675. The van der Waals surface area contributed by atoms with Crippen LogP contribution in [0.4, 0.5) is 10.5 Å². The summed E-state index contributed by atoms with van der Waals surface area (Å²) in [6.45, 7) is 4.67. The first-order valence-corrected chi connectivity index (χ1v) is 12.0. The monoisotopic (exact) mass is 444 g/mol. The molecular weight excluding hydrogens is 404 g/mol. The molecule has 0 saturated carbocycles. The molecule has 0 saturated heterocycles. The van der Waals surface area contributed by atoms with Crippen LogP contribution < -0.4 is 16.0 Å².